The number of carboxylic acids is 1. The van der Waals surface area contributed by atoms with Crippen LogP contribution in [0.3, 0.4) is 0 Å². The Hall–Kier alpha value is -2.56. The van der Waals surface area contributed by atoms with Gasteiger partial charge in [-0.05, 0) is 42.8 Å². The molecular weight excluding hydrogens is 273 g/mol. The second kappa shape index (κ2) is 6.74. The van der Waals surface area contributed by atoms with Crippen molar-refractivity contribution in [1.82, 2.24) is 0 Å². The molecule has 4 nitrogen and oxygen atoms in total. The fourth-order valence-corrected chi connectivity index (χ4v) is 1.89. The number of hydrogen-bond donors (Lipinski definition) is 2. The maximum Gasteiger partial charge on any atom is 0.335 e. The summed E-state index contributed by atoms with van der Waals surface area (Å²) in [6, 6.07) is 11.0. The zero-order valence-corrected chi connectivity index (χ0v) is 11.6. The van der Waals surface area contributed by atoms with Gasteiger partial charge in [-0.2, -0.15) is 0 Å². The number of halogens is 1. The van der Waals surface area contributed by atoms with E-state index in [4.69, 9.17) is 9.84 Å². The van der Waals surface area contributed by atoms with Crippen LogP contribution < -0.4 is 10.1 Å². The molecule has 0 aliphatic rings. The Morgan fingerprint density at radius 2 is 1.95 bits per heavy atom. The van der Waals surface area contributed by atoms with Gasteiger partial charge in [0.15, 0.2) is 0 Å². The maximum absolute atomic E-state index is 13.6. The molecule has 2 aromatic rings. The minimum Gasteiger partial charge on any atom is -0.492 e. The quantitative estimate of drug-likeness (QED) is 0.801. The first-order chi connectivity index (χ1) is 10.1. The van der Waals surface area contributed by atoms with E-state index in [0.717, 1.165) is 5.56 Å². The third-order valence-electron chi connectivity index (χ3n) is 3.00. The van der Waals surface area contributed by atoms with Gasteiger partial charge in [0, 0.05) is 6.54 Å². The first kappa shape index (κ1) is 14.8. The summed E-state index contributed by atoms with van der Waals surface area (Å²) in [6.45, 7) is 2.62. The van der Waals surface area contributed by atoms with Crippen LogP contribution in [0.25, 0.3) is 0 Å². The van der Waals surface area contributed by atoms with E-state index in [0.29, 0.717) is 24.6 Å². The summed E-state index contributed by atoms with van der Waals surface area (Å²) in [5.74, 6) is -0.689. The van der Waals surface area contributed by atoms with Crippen LogP contribution in [0.1, 0.15) is 15.9 Å². The van der Waals surface area contributed by atoms with Crippen molar-refractivity contribution in [2.75, 3.05) is 18.5 Å². The molecular formula is C16H16FNO3. The lowest BCUT2D eigenvalue weighted by atomic mass is 10.2. The number of hydrogen-bond acceptors (Lipinski definition) is 3. The molecule has 0 saturated heterocycles. The van der Waals surface area contributed by atoms with Crippen LogP contribution in [0.2, 0.25) is 0 Å². The molecule has 0 bridgehead atoms. The predicted molar refractivity (Wildman–Crippen MR) is 78.5 cm³/mol. The molecule has 2 rings (SSSR count). The summed E-state index contributed by atoms with van der Waals surface area (Å²) in [4.78, 5) is 10.7. The van der Waals surface area contributed by atoms with Gasteiger partial charge < -0.3 is 15.2 Å². The summed E-state index contributed by atoms with van der Waals surface area (Å²) in [5, 5.41) is 11.8. The monoisotopic (exact) mass is 289 g/mol. The molecule has 2 N–H and O–H groups in total. The van der Waals surface area contributed by atoms with Crippen molar-refractivity contribution in [3.05, 3.63) is 59.4 Å². The van der Waals surface area contributed by atoms with E-state index in [9.17, 15) is 9.18 Å². The highest BCUT2D eigenvalue weighted by Crippen LogP contribution is 2.18. The molecule has 0 aliphatic carbocycles. The summed E-state index contributed by atoms with van der Waals surface area (Å²) in [5.41, 5.74) is 1.52. The lowest BCUT2D eigenvalue weighted by molar-refractivity contribution is 0.0697. The van der Waals surface area contributed by atoms with Crippen LogP contribution in [-0.2, 0) is 0 Å². The van der Waals surface area contributed by atoms with Gasteiger partial charge >= 0.3 is 5.97 Å². The summed E-state index contributed by atoms with van der Waals surface area (Å²) in [6.07, 6.45) is 0. The van der Waals surface area contributed by atoms with Crippen molar-refractivity contribution < 1.29 is 19.0 Å². The van der Waals surface area contributed by atoms with E-state index >= 15 is 0 Å². The second-order valence-electron chi connectivity index (χ2n) is 4.54. The van der Waals surface area contributed by atoms with Gasteiger partial charge in [-0.3, -0.25) is 0 Å². The predicted octanol–water partition coefficient (Wildman–Crippen LogP) is 3.32. The number of carboxylic acid groups (broad SMARTS) is 1. The maximum atomic E-state index is 13.6. The van der Waals surface area contributed by atoms with Gasteiger partial charge in [0.25, 0.3) is 0 Å². The van der Waals surface area contributed by atoms with Crippen LogP contribution in [0, 0.1) is 12.7 Å². The zero-order valence-electron chi connectivity index (χ0n) is 11.6. The fraction of sp³-hybridized carbons (Fsp3) is 0.188. The van der Waals surface area contributed by atoms with E-state index in [1.807, 2.05) is 13.0 Å². The number of nitrogens with one attached hydrogen (secondary N) is 1. The second-order valence-corrected chi connectivity index (χ2v) is 4.54. The highest BCUT2D eigenvalue weighted by Gasteiger charge is 2.04. The highest BCUT2D eigenvalue weighted by molar-refractivity contribution is 5.87. The molecule has 110 valence electrons. The number of anilines is 1. The molecule has 0 atom stereocenters. The Labute approximate surface area is 122 Å². The number of rotatable bonds is 6. The fourth-order valence-electron chi connectivity index (χ4n) is 1.89. The molecule has 0 aromatic heterocycles. The Morgan fingerprint density at radius 1 is 1.24 bits per heavy atom. The third-order valence-corrected chi connectivity index (χ3v) is 3.00. The van der Waals surface area contributed by atoms with E-state index in [1.54, 1.807) is 18.2 Å². The van der Waals surface area contributed by atoms with Crippen LogP contribution >= 0.6 is 0 Å². The summed E-state index contributed by atoms with van der Waals surface area (Å²) < 4.78 is 19.0. The largest absolute Gasteiger partial charge is 0.492 e. The van der Waals surface area contributed by atoms with Gasteiger partial charge in [-0.15, -0.1) is 0 Å². The van der Waals surface area contributed by atoms with Crippen LogP contribution in [0.5, 0.6) is 5.75 Å². The molecule has 0 fully saturated rings. The van der Waals surface area contributed by atoms with Crippen molar-refractivity contribution in [3.63, 3.8) is 0 Å². The van der Waals surface area contributed by atoms with Crippen molar-refractivity contribution in [2.45, 2.75) is 6.92 Å². The average Bonchev–Trinajstić information content (AvgIpc) is 2.46. The number of ether oxygens (including phenoxy) is 1. The summed E-state index contributed by atoms with van der Waals surface area (Å²) >= 11 is 0. The number of aromatic carboxylic acids is 1. The minimum absolute atomic E-state index is 0.211. The first-order valence-electron chi connectivity index (χ1n) is 6.53. The van der Waals surface area contributed by atoms with Crippen LogP contribution in [-0.4, -0.2) is 24.2 Å². The molecule has 0 unspecified atom stereocenters. The van der Waals surface area contributed by atoms with Crippen LogP contribution in [0.4, 0.5) is 10.1 Å². The van der Waals surface area contributed by atoms with Gasteiger partial charge in [0.2, 0.25) is 0 Å². The highest BCUT2D eigenvalue weighted by atomic mass is 19.1. The Kier molecular flexibility index (Phi) is 4.77. The lowest BCUT2D eigenvalue weighted by Crippen LogP contribution is -2.13. The smallest absolute Gasteiger partial charge is 0.335 e. The number of benzene rings is 2. The number of para-hydroxylation sites is 1. The van der Waals surface area contributed by atoms with Gasteiger partial charge in [-0.1, -0.05) is 12.1 Å². The van der Waals surface area contributed by atoms with E-state index in [1.165, 1.54) is 18.2 Å². The lowest BCUT2D eigenvalue weighted by Gasteiger charge is -2.11. The molecule has 2 aromatic carbocycles. The van der Waals surface area contributed by atoms with Gasteiger partial charge in [0.05, 0.1) is 11.3 Å². The SMILES string of the molecule is Cc1cccc(F)c1NCCOc1ccc(C(=O)O)cc1. The van der Waals surface area contributed by atoms with Crippen LogP contribution in [0.15, 0.2) is 42.5 Å². The zero-order chi connectivity index (χ0) is 15.2. The first-order valence-corrected chi connectivity index (χ1v) is 6.53. The topological polar surface area (TPSA) is 58.6 Å². The van der Waals surface area contributed by atoms with E-state index < -0.39 is 5.97 Å². The molecule has 0 aliphatic heterocycles. The Bertz CT molecular complexity index is 606. The number of carbonyl (C=O) groups is 1. The molecule has 0 heterocycles. The third kappa shape index (κ3) is 3.95. The van der Waals surface area contributed by atoms with E-state index in [-0.39, 0.29) is 11.4 Å². The van der Waals surface area contributed by atoms with Gasteiger partial charge in [0.1, 0.15) is 18.2 Å². The summed E-state index contributed by atoms with van der Waals surface area (Å²) in [7, 11) is 0. The molecule has 5 heteroatoms. The average molecular weight is 289 g/mol. The van der Waals surface area contributed by atoms with Crippen molar-refractivity contribution in [3.8, 4) is 5.75 Å². The van der Waals surface area contributed by atoms with E-state index in [2.05, 4.69) is 5.32 Å². The van der Waals surface area contributed by atoms with Crippen molar-refractivity contribution in [1.29, 1.82) is 0 Å². The minimum atomic E-state index is -0.974. The van der Waals surface area contributed by atoms with Crippen molar-refractivity contribution in [2.24, 2.45) is 0 Å². The Morgan fingerprint density at radius 3 is 2.57 bits per heavy atom. The molecule has 0 amide bonds. The number of aryl methyl sites for hydroxylation is 1. The molecule has 0 saturated carbocycles. The standard InChI is InChI=1S/C16H16FNO3/c1-11-3-2-4-14(17)15(11)18-9-10-21-13-7-5-12(6-8-13)16(19)20/h2-8,18H,9-10H2,1H3,(H,19,20). The van der Waals surface area contributed by atoms with Crippen molar-refractivity contribution >= 4 is 11.7 Å². The Balaban J connectivity index is 1.83. The molecule has 0 radical (unpaired) electrons. The molecule has 21 heavy (non-hydrogen) atoms. The van der Waals surface area contributed by atoms with Gasteiger partial charge in [-0.25, -0.2) is 9.18 Å². The molecule has 0 spiro atoms. The normalized spacial score (nSPS) is 10.2.